The standard InChI is InChI=1S/C12H15N7O3/c1-21-12-10-5-16-18(11(10)13-7-14-12)6-9-4-15-17-19(9)8-22-3-2-20/h4-5,7,20H,2-3,6,8H2,1H3. The van der Waals surface area contributed by atoms with Crippen molar-refractivity contribution in [1.29, 1.82) is 0 Å². The van der Waals surface area contributed by atoms with Crippen LogP contribution in [0.25, 0.3) is 11.0 Å². The third-order valence-corrected chi connectivity index (χ3v) is 3.05. The summed E-state index contributed by atoms with van der Waals surface area (Å²) in [5.74, 6) is 0.481. The van der Waals surface area contributed by atoms with Gasteiger partial charge in [-0.1, -0.05) is 5.21 Å². The van der Waals surface area contributed by atoms with Gasteiger partial charge in [0.25, 0.3) is 0 Å². The fourth-order valence-electron chi connectivity index (χ4n) is 2.03. The summed E-state index contributed by atoms with van der Waals surface area (Å²) in [6.45, 7) is 0.853. The molecule has 0 saturated heterocycles. The van der Waals surface area contributed by atoms with E-state index in [9.17, 15) is 0 Å². The van der Waals surface area contributed by atoms with Gasteiger partial charge in [0, 0.05) is 0 Å². The Morgan fingerprint density at radius 2 is 2.14 bits per heavy atom. The van der Waals surface area contributed by atoms with Crippen LogP contribution in [0.5, 0.6) is 5.88 Å². The van der Waals surface area contributed by atoms with Gasteiger partial charge in [0.2, 0.25) is 5.88 Å². The van der Waals surface area contributed by atoms with Crippen LogP contribution in [0.2, 0.25) is 0 Å². The van der Waals surface area contributed by atoms with Crippen LogP contribution in [-0.2, 0) is 18.0 Å². The molecule has 3 rings (SSSR count). The number of aromatic nitrogens is 7. The lowest BCUT2D eigenvalue weighted by Crippen LogP contribution is -2.13. The first-order valence-electron chi connectivity index (χ1n) is 6.60. The van der Waals surface area contributed by atoms with E-state index in [2.05, 4.69) is 25.4 Å². The molecule has 3 aromatic rings. The molecule has 1 N–H and O–H groups in total. The Morgan fingerprint density at radius 1 is 1.23 bits per heavy atom. The molecule has 0 aliphatic rings. The Hall–Kier alpha value is -2.59. The van der Waals surface area contributed by atoms with Crippen LogP contribution >= 0.6 is 0 Å². The van der Waals surface area contributed by atoms with E-state index in [4.69, 9.17) is 14.6 Å². The second-order valence-electron chi connectivity index (χ2n) is 4.41. The lowest BCUT2D eigenvalue weighted by Gasteiger charge is -2.07. The molecule has 116 valence electrons. The van der Waals surface area contributed by atoms with Crippen molar-refractivity contribution in [2.75, 3.05) is 20.3 Å². The van der Waals surface area contributed by atoms with Gasteiger partial charge >= 0.3 is 0 Å². The van der Waals surface area contributed by atoms with Crippen molar-refractivity contribution in [3.8, 4) is 5.88 Å². The largest absolute Gasteiger partial charge is 0.480 e. The summed E-state index contributed by atoms with van der Waals surface area (Å²) in [6.07, 6.45) is 4.72. The van der Waals surface area contributed by atoms with Crippen LogP contribution in [0.3, 0.4) is 0 Å². The fourth-order valence-corrected chi connectivity index (χ4v) is 2.03. The Bertz CT molecular complexity index is 754. The Kier molecular flexibility index (Phi) is 4.21. The van der Waals surface area contributed by atoms with Crippen molar-refractivity contribution < 1.29 is 14.6 Å². The van der Waals surface area contributed by atoms with Gasteiger partial charge < -0.3 is 14.6 Å². The molecular weight excluding hydrogens is 290 g/mol. The maximum atomic E-state index is 8.73. The minimum atomic E-state index is -0.0372. The highest BCUT2D eigenvalue weighted by Gasteiger charge is 2.12. The quantitative estimate of drug-likeness (QED) is 0.578. The van der Waals surface area contributed by atoms with Gasteiger partial charge in [0.05, 0.1) is 45.0 Å². The summed E-state index contributed by atoms with van der Waals surface area (Å²) in [6, 6.07) is 0. The summed E-state index contributed by atoms with van der Waals surface area (Å²) in [5, 5.41) is 21.6. The highest BCUT2D eigenvalue weighted by molar-refractivity contribution is 5.79. The molecule has 0 spiro atoms. The van der Waals surface area contributed by atoms with Gasteiger partial charge in [-0.05, 0) is 0 Å². The number of aliphatic hydroxyl groups is 1. The van der Waals surface area contributed by atoms with E-state index in [-0.39, 0.29) is 19.9 Å². The predicted octanol–water partition coefficient (Wildman–Crippen LogP) is -0.559. The van der Waals surface area contributed by atoms with Crippen LogP contribution < -0.4 is 4.74 Å². The SMILES string of the molecule is COc1ncnc2c1cnn2Cc1cnnn1COCCO. The summed E-state index contributed by atoms with van der Waals surface area (Å²) >= 11 is 0. The Labute approximate surface area is 125 Å². The number of rotatable bonds is 7. The summed E-state index contributed by atoms with van der Waals surface area (Å²) in [5.41, 5.74) is 1.47. The highest BCUT2D eigenvalue weighted by Crippen LogP contribution is 2.20. The normalized spacial score (nSPS) is 11.2. The van der Waals surface area contributed by atoms with Crippen molar-refractivity contribution in [3.63, 3.8) is 0 Å². The van der Waals surface area contributed by atoms with E-state index in [0.29, 0.717) is 18.1 Å². The van der Waals surface area contributed by atoms with E-state index >= 15 is 0 Å². The first-order chi connectivity index (χ1) is 10.8. The third-order valence-electron chi connectivity index (χ3n) is 3.05. The molecule has 0 unspecified atom stereocenters. The second-order valence-corrected chi connectivity index (χ2v) is 4.41. The number of nitrogens with zero attached hydrogens (tertiary/aromatic N) is 7. The maximum Gasteiger partial charge on any atom is 0.227 e. The van der Waals surface area contributed by atoms with Crippen LogP contribution in [0, 0.1) is 0 Å². The van der Waals surface area contributed by atoms with Gasteiger partial charge in [0.1, 0.15) is 18.4 Å². The third kappa shape index (κ3) is 2.73. The van der Waals surface area contributed by atoms with E-state index < -0.39 is 0 Å². The molecule has 10 heteroatoms. The maximum absolute atomic E-state index is 8.73. The van der Waals surface area contributed by atoms with Crippen molar-refractivity contribution in [2.45, 2.75) is 13.3 Å². The Morgan fingerprint density at radius 3 is 2.95 bits per heavy atom. The van der Waals surface area contributed by atoms with Crippen molar-refractivity contribution in [1.82, 2.24) is 34.7 Å². The first-order valence-corrected chi connectivity index (χ1v) is 6.60. The minimum absolute atomic E-state index is 0.0372. The average Bonchev–Trinajstić information content (AvgIpc) is 3.15. The fraction of sp³-hybridized carbons (Fsp3) is 0.417. The van der Waals surface area contributed by atoms with Gasteiger partial charge in [-0.15, -0.1) is 5.10 Å². The van der Waals surface area contributed by atoms with Crippen LogP contribution in [0.4, 0.5) is 0 Å². The molecule has 0 aromatic carbocycles. The van der Waals surface area contributed by atoms with Gasteiger partial charge in [-0.2, -0.15) is 5.10 Å². The molecule has 10 nitrogen and oxygen atoms in total. The van der Waals surface area contributed by atoms with Crippen molar-refractivity contribution >= 4 is 11.0 Å². The molecule has 0 fully saturated rings. The Balaban J connectivity index is 1.83. The molecule has 3 heterocycles. The summed E-state index contributed by atoms with van der Waals surface area (Å²) in [4.78, 5) is 8.27. The lowest BCUT2D eigenvalue weighted by molar-refractivity contribution is 0.0393. The zero-order valence-corrected chi connectivity index (χ0v) is 12.0. The number of hydrogen-bond acceptors (Lipinski definition) is 8. The van der Waals surface area contributed by atoms with Gasteiger partial charge in [0.15, 0.2) is 5.65 Å². The van der Waals surface area contributed by atoms with Crippen LogP contribution in [0.1, 0.15) is 5.69 Å². The van der Waals surface area contributed by atoms with Crippen LogP contribution in [-0.4, -0.2) is 60.2 Å². The molecule has 0 amide bonds. The molecule has 0 radical (unpaired) electrons. The smallest absolute Gasteiger partial charge is 0.227 e. The minimum Gasteiger partial charge on any atom is -0.480 e. The number of hydrogen-bond donors (Lipinski definition) is 1. The molecule has 0 saturated carbocycles. The topological polar surface area (TPSA) is 113 Å². The van der Waals surface area contributed by atoms with Crippen LogP contribution in [0.15, 0.2) is 18.7 Å². The number of ether oxygens (including phenoxy) is 2. The first kappa shape index (κ1) is 14.4. The molecule has 0 bridgehead atoms. The molecule has 22 heavy (non-hydrogen) atoms. The van der Waals surface area contributed by atoms with Gasteiger partial charge in [-0.3, -0.25) is 0 Å². The molecule has 0 aliphatic heterocycles. The second kappa shape index (κ2) is 6.45. The number of methoxy groups -OCH3 is 1. The van der Waals surface area contributed by atoms with Gasteiger partial charge in [-0.25, -0.2) is 19.3 Å². The van der Waals surface area contributed by atoms with E-state index in [1.807, 2.05) is 0 Å². The number of aliphatic hydroxyl groups excluding tert-OH is 1. The monoisotopic (exact) mass is 305 g/mol. The average molecular weight is 305 g/mol. The van der Waals surface area contributed by atoms with E-state index in [1.54, 1.807) is 28.9 Å². The molecular formula is C12H15N7O3. The molecule has 0 atom stereocenters. The van der Waals surface area contributed by atoms with Crippen molar-refractivity contribution in [2.24, 2.45) is 0 Å². The summed E-state index contributed by atoms with van der Waals surface area (Å²) < 4.78 is 13.7. The lowest BCUT2D eigenvalue weighted by atomic mass is 10.4. The zero-order valence-electron chi connectivity index (χ0n) is 12.0. The number of fused-ring (bicyclic) bond motifs is 1. The predicted molar refractivity (Wildman–Crippen MR) is 74.0 cm³/mol. The summed E-state index contributed by atoms with van der Waals surface area (Å²) in [7, 11) is 1.55. The van der Waals surface area contributed by atoms with E-state index in [1.165, 1.54) is 6.33 Å². The molecule has 0 aliphatic carbocycles. The van der Waals surface area contributed by atoms with E-state index in [0.717, 1.165) is 11.1 Å². The molecule has 3 aromatic heterocycles. The highest BCUT2D eigenvalue weighted by atomic mass is 16.5. The van der Waals surface area contributed by atoms with Crippen molar-refractivity contribution in [3.05, 3.63) is 24.4 Å². The zero-order chi connectivity index (χ0) is 15.4.